The predicted molar refractivity (Wildman–Crippen MR) is 59.8 cm³/mol. The quantitative estimate of drug-likeness (QED) is 0.849. The fourth-order valence-electron chi connectivity index (χ4n) is 1.69. The molecule has 1 N–H and O–H groups in total. The van der Waals surface area contributed by atoms with Crippen molar-refractivity contribution >= 4 is 17.6 Å². The Hall–Kier alpha value is -1.29. The third kappa shape index (κ3) is 2.44. The second-order valence-electron chi connectivity index (χ2n) is 3.76. The summed E-state index contributed by atoms with van der Waals surface area (Å²) in [6, 6.07) is 4.44. The number of halogens is 2. The fraction of sp³-hybridized carbons (Fsp3) is 0.364. The number of rotatable bonds is 2. The van der Waals surface area contributed by atoms with Gasteiger partial charge in [-0.05, 0) is 24.1 Å². The molecule has 0 aromatic heterocycles. The van der Waals surface area contributed by atoms with E-state index in [9.17, 15) is 9.18 Å². The summed E-state index contributed by atoms with van der Waals surface area (Å²) in [7, 11) is 0. The van der Waals surface area contributed by atoms with Gasteiger partial charge >= 0.3 is 6.03 Å². The van der Waals surface area contributed by atoms with Crippen molar-refractivity contribution in [3.63, 3.8) is 0 Å². The summed E-state index contributed by atoms with van der Waals surface area (Å²) < 4.78 is 12.9. The number of benzene rings is 1. The standard InChI is InChI=1S/C11H12ClFN2O/c12-9-6-8(2-3-10(9)13)7-15-5-1-4-14-11(15)16/h2-3,6H,1,4-5,7H2,(H,14,16). The summed E-state index contributed by atoms with van der Waals surface area (Å²) >= 11 is 5.67. The average Bonchev–Trinajstić information content (AvgIpc) is 2.27. The molecule has 2 rings (SSSR count). The Balaban J connectivity index is 2.08. The van der Waals surface area contributed by atoms with Crippen LogP contribution in [0.1, 0.15) is 12.0 Å². The number of carbonyl (C=O) groups is 1. The highest BCUT2D eigenvalue weighted by atomic mass is 35.5. The number of hydrogen-bond donors (Lipinski definition) is 1. The highest BCUT2D eigenvalue weighted by molar-refractivity contribution is 6.30. The van der Waals surface area contributed by atoms with Crippen LogP contribution in [0, 0.1) is 5.82 Å². The van der Waals surface area contributed by atoms with E-state index in [1.807, 2.05) is 0 Å². The molecule has 0 saturated carbocycles. The summed E-state index contributed by atoms with van der Waals surface area (Å²) in [6.07, 6.45) is 0.931. The SMILES string of the molecule is O=C1NCCCN1Cc1ccc(F)c(Cl)c1. The average molecular weight is 243 g/mol. The van der Waals surface area contributed by atoms with Crippen LogP contribution in [0.15, 0.2) is 18.2 Å². The van der Waals surface area contributed by atoms with Crippen LogP contribution in [0.5, 0.6) is 0 Å². The Labute approximate surface area is 98.2 Å². The van der Waals surface area contributed by atoms with Gasteiger partial charge in [-0.25, -0.2) is 9.18 Å². The summed E-state index contributed by atoms with van der Waals surface area (Å²) in [4.78, 5) is 13.1. The number of urea groups is 1. The Morgan fingerprint density at radius 2 is 2.31 bits per heavy atom. The van der Waals surface area contributed by atoms with Crippen molar-refractivity contribution in [2.45, 2.75) is 13.0 Å². The summed E-state index contributed by atoms with van der Waals surface area (Å²) in [6.45, 7) is 1.91. The topological polar surface area (TPSA) is 32.3 Å². The van der Waals surface area contributed by atoms with Crippen molar-refractivity contribution in [2.75, 3.05) is 13.1 Å². The fourth-order valence-corrected chi connectivity index (χ4v) is 1.89. The minimum atomic E-state index is -0.437. The molecule has 0 spiro atoms. The molecule has 1 heterocycles. The van der Waals surface area contributed by atoms with Crippen molar-refractivity contribution in [2.24, 2.45) is 0 Å². The van der Waals surface area contributed by atoms with Crippen LogP contribution in [-0.4, -0.2) is 24.0 Å². The molecule has 0 bridgehead atoms. The minimum absolute atomic E-state index is 0.0771. The Morgan fingerprint density at radius 1 is 1.50 bits per heavy atom. The van der Waals surface area contributed by atoms with E-state index >= 15 is 0 Å². The molecule has 1 aliphatic rings. The van der Waals surface area contributed by atoms with Crippen molar-refractivity contribution in [1.82, 2.24) is 10.2 Å². The normalized spacial score (nSPS) is 16.1. The van der Waals surface area contributed by atoms with Gasteiger partial charge in [0.2, 0.25) is 0 Å². The van der Waals surface area contributed by atoms with Crippen molar-refractivity contribution < 1.29 is 9.18 Å². The molecule has 5 heteroatoms. The molecule has 1 fully saturated rings. The number of hydrogen-bond acceptors (Lipinski definition) is 1. The van der Waals surface area contributed by atoms with E-state index in [1.54, 1.807) is 17.0 Å². The molecule has 1 aliphatic heterocycles. The van der Waals surface area contributed by atoms with E-state index < -0.39 is 5.82 Å². The number of amides is 2. The minimum Gasteiger partial charge on any atom is -0.338 e. The third-order valence-corrected chi connectivity index (χ3v) is 2.82. The van der Waals surface area contributed by atoms with Gasteiger partial charge in [-0.1, -0.05) is 17.7 Å². The van der Waals surface area contributed by atoms with Gasteiger partial charge in [-0.2, -0.15) is 0 Å². The molecule has 1 saturated heterocycles. The lowest BCUT2D eigenvalue weighted by atomic mass is 10.2. The van der Waals surface area contributed by atoms with Crippen LogP contribution in [-0.2, 0) is 6.54 Å². The van der Waals surface area contributed by atoms with E-state index in [-0.39, 0.29) is 11.1 Å². The molecule has 0 unspecified atom stereocenters. The summed E-state index contributed by atoms with van der Waals surface area (Å²) in [5, 5.41) is 2.85. The highest BCUT2D eigenvalue weighted by Crippen LogP contribution is 2.17. The second-order valence-corrected chi connectivity index (χ2v) is 4.16. The first-order valence-electron chi connectivity index (χ1n) is 5.13. The molecule has 1 aromatic carbocycles. The van der Waals surface area contributed by atoms with Crippen LogP contribution < -0.4 is 5.32 Å². The van der Waals surface area contributed by atoms with Crippen LogP contribution in [0.2, 0.25) is 5.02 Å². The smallest absolute Gasteiger partial charge is 0.317 e. The largest absolute Gasteiger partial charge is 0.338 e. The maximum atomic E-state index is 12.9. The molecular formula is C11H12ClFN2O. The lowest BCUT2D eigenvalue weighted by molar-refractivity contribution is 0.183. The van der Waals surface area contributed by atoms with Crippen molar-refractivity contribution in [3.05, 3.63) is 34.6 Å². The van der Waals surface area contributed by atoms with E-state index in [0.29, 0.717) is 6.54 Å². The van der Waals surface area contributed by atoms with E-state index in [4.69, 9.17) is 11.6 Å². The third-order valence-electron chi connectivity index (χ3n) is 2.53. The maximum Gasteiger partial charge on any atom is 0.317 e. The van der Waals surface area contributed by atoms with Gasteiger partial charge in [0.1, 0.15) is 5.82 Å². The van der Waals surface area contributed by atoms with E-state index in [1.165, 1.54) is 6.07 Å². The van der Waals surface area contributed by atoms with Gasteiger partial charge in [-0.15, -0.1) is 0 Å². The Morgan fingerprint density at radius 3 is 3.00 bits per heavy atom. The molecule has 0 atom stereocenters. The maximum absolute atomic E-state index is 12.9. The van der Waals surface area contributed by atoms with Gasteiger partial charge in [0.25, 0.3) is 0 Å². The Bertz CT molecular complexity index is 411. The molecular weight excluding hydrogens is 231 g/mol. The first-order valence-corrected chi connectivity index (χ1v) is 5.51. The Kier molecular flexibility index (Phi) is 3.29. The van der Waals surface area contributed by atoms with Gasteiger partial charge < -0.3 is 10.2 Å². The number of nitrogens with zero attached hydrogens (tertiary/aromatic N) is 1. The van der Waals surface area contributed by atoms with Gasteiger partial charge in [0, 0.05) is 19.6 Å². The summed E-state index contributed by atoms with van der Waals surface area (Å²) in [5.74, 6) is -0.437. The molecule has 16 heavy (non-hydrogen) atoms. The summed E-state index contributed by atoms with van der Waals surface area (Å²) in [5.41, 5.74) is 0.837. The zero-order chi connectivity index (χ0) is 11.5. The first-order chi connectivity index (χ1) is 7.66. The van der Waals surface area contributed by atoms with E-state index in [0.717, 1.165) is 25.1 Å². The molecule has 2 amide bonds. The van der Waals surface area contributed by atoms with Gasteiger partial charge in [-0.3, -0.25) is 0 Å². The van der Waals surface area contributed by atoms with E-state index in [2.05, 4.69) is 5.32 Å². The van der Waals surface area contributed by atoms with Crippen LogP contribution in [0.25, 0.3) is 0 Å². The highest BCUT2D eigenvalue weighted by Gasteiger charge is 2.17. The van der Waals surface area contributed by atoms with Gasteiger partial charge in [0.05, 0.1) is 5.02 Å². The predicted octanol–water partition coefficient (Wildman–Crippen LogP) is 2.39. The van der Waals surface area contributed by atoms with Crippen LogP contribution in [0.4, 0.5) is 9.18 Å². The van der Waals surface area contributed by atoms with Crippen LogP contribution >= 0.6 is 11.6 Å². The number of carbonyl (C=O) groups excluding carboxylic acids is 1. The van der Waals surface area contributed by atoms with Crippen molar-refractivity contribution in [3.8, 4) is 0 Å². The van der Waals surface area contributed by atoms with Gasteiger partial charge in [0.15, 0.2) is 0 Å². The molecule has 1 aromatic rings. The zero-order valence-electron chi connectivity index (χ0n) is 8.67. The number of nitrogens with one attached hydrogen (secondary N) is 1. The molecule has 0 aliphatic carbocycles. The molecule has 86 valence electrons. The molecule has 0 radical (unpaired) electrons. The monoisotopic (exact) mass is 242 g/mol. The van der Waals surface area contributed by atoms with Crippen LogP contribution in [0.3, 0.4) is 0 Å². The second kappa shape index (κ2) is 4.70. The lowest BCUT2D eigenvalue weighted by Gasteiger charge is -2.27. The lowest BCUT2D eigenvalue weighted by Crippen LogP contribution is -2.45. The first kappa shape index (κ1) is 11.2. The van der Waals surface area contributed by atoms with Crippen molar-refractivity contribution in [1.29, 1.82) is 0 Å². The molecule has 3 nitrogen and oxygen atoms in total. The zero-order valence-corrected chi connectivity index (χ0v) is 9.43.